The average molecular weight is 417 g/mol. The molecule has 8 nitrogen and oxygen atoms in total. The first-order chi connectivity index (χ1) is 13.9. The van der Waals surface area contributed by atoms with E-state index in [0.29, 0.717) is 23.0 Å². The van der Waals surface area contributed by atoms with Crippen LogP contribution in [0.4, 0.5) is 10.2 Å². The Morgan fingerprint density at radius 3 is 2.48 bits per heavy atom. The summed E-state index contributed by atoms with van der Waals surface area (Å²) in [5.41, 5.74) is 2.23. The molecule has 0 saturated carbocycles. The summed E-state index contributed by atoms with van der Waals surface area (Å²) in [6.07, 6.45) is 0.530. The van der Waals surface area contributed by atoms with Gasteiger partial charge in [0.2, 0.25) is 0 Å². The number of thioether (sulfide) groups is 1. The van der Waals surface area contributed by atoms with E-state index in [9.17, 15) is 23.9 Å². The number of hydrogen-bond donors (Lipinski definition) is 1. The minimum absolute atomic E-state index is 0.191. The second-order valence-corrected chi connectivity index (χ2v) is 7.98. The van der Waals surface area contributed by atoms with Crippen LogP contribution < -0.4 is 10.4 Å². The number of nitrogens with one attached hydrogen (secondary N) is 1. The molecule has 29 heavy (non-hydrogen) atoms. The maximum absolute atomic E-state index is 13.3. The largest absolute Gasteiger partial charge is 0.550 e. The second kappa shape index (κ2) is 7.86. The number of anilines is 1. The van der Waals surface area contributed by atoms with Crippen molar-refractivity contribution in [2.75, 3.05) is 18.4 Å². The van der Waals surface area contributed by atoms with Gasteiger partial charge in [-0.1, -0.05) is 0 Å². The monoisotopic (exact) mass is 417 g/mol. The van der Waals surface area contributed by atoms with E-state index in [4.69, 9.17) is 0 Å². The Morgan fingerprint density at radius 2 is 1.83 bits per heavy atom. The molecule has 1 aromatic carbocycles. The summed E-state index contributed by atoms with van der Waals surface area (Å²) >= 11 is 1.65. The van der Waals surface area contributed by atoms with Gasteiger partial charge in [-0.2, -0.15) is 16.9 Å². The molecule has 2 aliphatic heterocycles. The minimum atomic E-state index is -1.13. The summed E-state index contributed by atoms with van der Waals surface area (Å²) in [4.78, 5) is 37.5. The number of piperidine rings is 1. The van der Waals surface area contributed by atoms with E-state index >= 15 is 0 Å². The van der Waals surface area contributed by atoms with Gasteiger partial charge in [0.1, 0.15) is 11.6 Å². The molecular formula is C19H18FN4O4S-. The van der Waals surface area contributed by atoms with Crippen molar-refractivity contribution in [1.82, 2.24) is 14.7 Å². The predicted molar refractivity (Wildman–Crippen MR) is 101 cm³/mol. The molecule has 1 N–H and O–H groups in total. The Balaban J connectivity index is 1.53. The Bertz CT molecular complexity index is 967. The molecular weight excluding hydrogens is 399 g/mol. The van der Waals surface area contributed by atoms with Crippen LogP contribution >= 0.6 is 11.8 Å². The van der Waals surface area contributed by atoms with Gasteiger partial charge in [-0.3, -0.25) is 9.59 Å². The molecule has 0 atom stereocenters. The van der Waals surface area contributed by atoms with Crippen molar-refractivity contribution in [2.24, 2.45) is 5.92 Å². The number of benzene rings is 1. The molecule has 3 heterocycles. The normalized spacial score (nSPS) is 16.5. The summed E-state index contributed by atoms with van der Waals surface area (Å²) in [6, 6.07) is 5.70. The lowest BCUT2D eigenvalue weighted by molar-refractivity contribution is -0.312. The number of aliphatic carboxylic acids is 1. The highest BCUT2D eigenvalue weighted by atomic mass is 32.2. The molecule has 1 aromatic heterocycles. The van der Waals surface area contributed by atoms with Crippen LogP contribution in [-0.4, -0.2) is 45.6 Å². The third-order valence-electron chi connectivity index (χ3n) is 5.16. The number of fused-ring (bicyclic) bond motifs is 1. The number of halogens is 1. The van der Waals surface area contributed by atoms with Crippen molar-refractivity contribution in [3.8, 4) is 5.69 Å². The van der Waals surface area contributed by atoms with E-state index < -0.39 is 23.7 Å². The maximum Gasteiger partial charge on any atom is 0.315 e. The van der Waals surface area contributed by atoms with Crippen LogP contribution in [0.2, 0.25) is 0 Å². The number of likely N-dealkylation sites (tertiary alicyclic amines) is 1. The van der Waals surface area contributed by atoms with Crippen LogP contribution in [0.3, 0.4) is 0 Å². The lowest BCUT2D eigenvalue weighted by Crippen LogP contribution is -2.47. The van der Waals surface area contributed by atoms with Crippen LogP contribution in [0.15, 0.2) is 24.3 Å². The molecule has 10 heteroatoms. The van der Waals surface area contributed by atoms with Crippen molar-refractivity contribution in [3.63, 3.8) is 0 Å². The fraction of sp³-hybridized carbons (Fsp3) is 0.368. The van der Waals surface area contributed by atoms with Crippen molar-refractivity contribution in [2.45, 2.75) is 24.3 Å². The molecule has 0 aliphatic carbocycles. The standard InChI is InChI=1S/C19H19FN4O4S/c20-12-1-3-13(4-2-12)24-16(14-9-29-10-15(14)22-24)21-17(25)18(26)23-7-5-11(6-8-23)19(27)28/h1-4,11H,5-10H2,(H,21,25)(H,27,28)/p-1. The first-order valence-corrected chi connectivity index (χ1v) is 10.3. The minimum Gasteiger partial charge on any atom is -0.550 e. The van der Waals surface area contributed by atoms with Gasteiger partial charge >= 0.3 is 11.8 Å². The topological polar surface area (TPSA) is 107 Å². The quantitative estimate of drug-likeness (QED) is 0.736. The fourth-order valence-corrected chi connectivity index (χ4v) is 4.57. The van der Waals surface area contributed by atoms with Crippen molar-refractivity contribution < 1.29 is 23.9 Å². The second-order valence-electron chi connectivity index (χ2n) is 6.99. The molecule has 2 aliphatic rings. The molecule has 1 fully saturated rings. The number of carboxylic acid groups (broad SMARTS) is 1. The third-order valence-corrected chi connectivity index (χ3v) is 6.14. The van der Waals surface area contributed by atoms with Crippen LogP contribution in [0, 0.1) is 11.7 Å². The Hall–Kier alpha value is -2.88. The van der Waals surface area contributed by atoms with E-state index in [-0.39, 0.29) is 31.7 Å². The van der Waals surface area contributed by atoms with Gasteiger partial charge in [-0.15, -0.1) is 0 Å². The SMILES string of the molecule is O=C(Nc1c2c(nn1-c1ccc(F)cc1)CSC2)C(=O)N1CCC(C(=O)[O-])CC1. The molecule has 1 saturated heterocycles. The van der Waals surface area contributed by atoms with Gasteiger partial charge in [-0.05, 0) is 37.1 Å². The van der Waals surface area contributed by atoms with Crippen molar-refractivity contribution >= 4 is 35.4 Å². The number of carbonyl (C=O) groups is 3. The molecule has 0 spiro atoms. The summed E-state index contributed by atoms with van der Waals surface area (Å²) in [5.74, 6) is -1.88. The summed E-state index contributed by atoms with van der Waals surface area (Å²) < 4.78 is 14.8. The Labute approximate surface area is 170 Å². The molecule has 152 valence electrons. The highest BCUT2D eigenvalue weighted by molar-refractivity contribution is 7.98. The van der Waals surface area contributed by atoms with E-state index in [1.165, 1.54) is 21.7 Å². The summed E-state index contributed by atoms with van der Waals surface area (Å²) in [5, 5.41) is 18.1. The zero-order chi connectivity index (χ0) is 20.5. The molecule has 0 radical (unpaired) electrons. The summed E-state index contributed by atoms with van der Waals surface area (Å²) in [7, 11) is 0. The fourth-order valence-electron chi connectivity index (χ4n) is 3.53. The average Bonchev–Trinajstić information content (AvgIpc) is 3.31. The number of carbonyl (C=O) groups excluding carboxylic acids is 3. The van der Waals surface area contributed by atoms with Crippen LogP contribution in [-0.2, 0) is 25.9 Å². The summed E-state index contributed by atoms with van der Waals surface area (Å²) in [6.45, 7) is 0.381. The van der Waals surface area contributed by atoms with E-state index in [0.717, 1.165) is 11.3 Å². The first-order valence-electron chi connectivity index (χ1n) is 9.19. The van der Waals surface area contributed by atoms with Gasteiger partial charge in [0.25, 0.3) is 0 Å². The lowest BCUT2D eigenvalue weighted by Gasteiger charge is -2.31. The van der Waals surface area contributed by atoms with Crippen molar-refractivity contribution in [1.29, 1.82) is 0 Å². The van der Waals surface area contributed by atoms with Crippen LogP contribution in [0.25, 0.3) is 5.69 Å². The Morgan fingerprint density at radius 1 is 1.14 bits per heavy atom. The Kier molecular flexibility index (Phi) is 5.27. The number of aromatic nitrogens is 2. The van der Waals surface area contributed by atoms with Crippen LogP contribution in [0.1, 0.15) is 24.1 Å². The smallest absolute Gasteiger partial charge is 0.315 e. The van der Waals surface area contributed by atoms with Crippen molar-refractivity contribution in [3.05, 3.63) is 41.3 Å². The van der Waals surface area contributed by atoms with E-state index in [1.807, 2.05) is 0 Å². The van der Waals surface area contributed by atoms with Gasteiger partial charge in [0.05, 0.1) is 11.4 Å². The number of nitrogens with zero attached hydrogens (tertiary/aromatic N) is 3. The zero-order valence-corrected chi connectivity index (χ0v) is 16.2. The zero-order valence-electron chi connectivity index (χ0n) is 15.4. The molecule has 0 unspecified atom stereocenters. The third kappa shape index (κ3) is 3.84. The number of hydrogen-bond acceptors (Lipinski definition) is 6. The van der Waals surface area contributed by atoms with E-state index in [1.54, 1.807) is 23.9 Å². The van der Waals surface area contributed by atoms with Gasteiger partial charge < -0.3 is 20.1 Å². The highest BCUT2D eigenvalue weighted by Crippen LogP contribution is 2.36. The molecule has 4 rings (SSSR count). The van der Waals surface area contributed by atoms with Gasteiger partial charge in [0.15, 0.2) is 0 Å². The van der Waals surface area contributed by atoms with Crippen LogP contribution in [0.5, 0.6) is 0 Å². The first kappa shape index (κ1) is 19.4. The van der Waals surface area contributed by atoms with E-state index in [2.05, 4.69) is 10.4 Å². The lowest BCUT2D eigenvalue weighted by atomic mass is 9.97. The predicted octanol–water partition coefficient (Wildman–Crippen LogP) is 0.685. The number of rotatable bonds is 3. The number of carboxylic acids is 1. The number of amides is 2. The molecule has 2 amide bonds. The molecule has 0 bridgehead atoms. The molecule has 2 aromatic rings. The highest BCUT2D eigenvalue weighted by Gasteiger charge is 2.30. The van der Waals surface area contributed by atoms with Gasteiger partial charge in [0, 0.05) is 42.0 Å². The van der Waals surface area contributed by atoms with Gasteiger partial charge in [-0.25, -0.2) is 9.07 Å². The maximum atomic E-state index is 13.3.